The van der Waals surface area contributed by atoms with Crippen LogP contribution in [0.15, 0.2) is 76.2 Å². The fourth-order valence-electron chi connectivity index (χ4n) is 3.62. The van der Waals surface area contributed by atoms with Crippen LogP contribution < -0.4 is 15.5 Å². The zero-order valence-electron chi connectivity index (χ0n) is 20.7. The molecule has 2 aromatic carbocycles. The highest BCUT2D eigenvalue weighted by Crippen LogP contribution is 2.29. The minimum atomic E-state index is -5.08. The molecule has 0 aliphatic carbocycles. The van der Waals surface area contributed by atoms with E-state index in [9.17, 15) is 18.0 Å². The molecule has 2 aromatic heterocycles. The van der Waals surface area contributed by atoms with E-state index in [0.717, 1.165) is 59.2 Å². The van der Waals surface area contributed by atoms with Gasteiger partial charge in [-0.3, -0.25) is 4.79 Å². The van der Waals surface area contributed by atoms with E-state index in [2.05, 4.69) is 36.6 Å². The molecule has 3 N–H and O–H groups in total. The van der Waals surface area contributed by atoms with Gasteiger partial charge < -0.3 is 25.4 Å². The van der Waals surface area contributed by atoms with Crippen LogP contribution in [0.3, 0.4) is 0 Å². The van der Waals surface area contributed by atoms with E-state index in [1.165, 1.54) is 0 Å². The van der Waals surface area contributed by atoms with Crippen molar-refractivity contribution in [3.05, 3.63) is 81.7 Å². The molecule has 5 rings (SSSR count). The summed E-state index contributed by atoms with van der Waals surface area (Å²) >= 11 is 5.13. The van der Waals surface area contributed by atoms with Crippen LogP contribution >= 0.6 is 27.3 Å². The average Bonchev–Trinajstić information content (AvgIpc) is 3.58. The second kappa shape index (κ2) is 13.0. The number of halogens is 4. The molecule has 0 bridgehead atoms. The molecule has 1 amide bonds. The molecule has 40 heavy (non-hydrogen) atoms. The molecule has 3 heterocycles. The van der Waals surface area contributed by atoms with Crippen LogP contribution in [0.1, 0.15) is 10.4 Å². The quantitative estimate of drug-likeness (QED) is 0.232. The number of aromatic nitrogens is 2. The zero-order valence-corrected chi connectivity index (χ0v) is 23.1. The van der Waals surface area contributed by atoms with Crippen molar-refractivity contribution >= 4 is 61.9 Å². The van der Waals surface area contributed by atoms with Gasteiger partial charge in [0.05, 0.1) is 47.1 Å². The Morgan fingerprint density at radius 1 is 1.02 bits per heavy atom. The molecule has 4 aromatic rings. The number of nitrogens with one attached hydrogen (secondary N) is 2. The molecule has 1 saturated heterocycles. The molecule has 1 aliphatic heterocycles. The standard InChI is InChI=1S/C24H22BrN5O2S.C2HF3O2/c25-22-15-33-16-23(22)27-19-13-26-30(14-19)21-3-1-2-17(12-21)24(31)28-18-4-6-20(7-5-18)29-8-10-32-11-9-29;3-2(4,5)1(6)7/h1-7,12-16,27H,8-11H2,(H,28,31);(H,6,7). The third-order valence-corrected chi connectivity index (χ3v) is 7.30. The number of ether oxygens (including phenoxy) is 1. The average molecular weight is 638 g/mol. The number of carbonyl (C=O) groups excluding carboxylic acids is 1. The molecule has 0 radical (unpaired) electrons. The lowest BCUT2D eigenvalue weighted by Gasteiger charge is -2.28. The van der Waals surface area contributed by atoms with Crippen molar-refractivity contribution in [2.45, 2.75) is 6.18 Å². The normalized spacial score (nSPS) is 13.2. The summed E-state index contributed by atoms with van der Waals surface area (Å²) in [4.78, 5) is 24.0. The molecule has 1 fully saturated rings. The Kier molecular flexibility index (Phi) is 9.45. The Bertz CT molecular complexity index is 1450. The molecular formula is C26H23BrF3N5O4S. The van der Waals surface area contributed by atoms with Gasteiger partial charge in [-0.1, -0.05) is 6.07 Å². The van der Waals surface area contributed by atoms with Crippen molar-refractivity contribution in [3.8, 4) is 5.69 Å². The van der Waals surface area contributed by atoms with Gasteiger partial charge in [0.2, 0.25) is 0 Å². The van der Waals surface area contributed by atoms with Gasteiger partial charge in [-0.15, -0.1) is 11.3 Å². The maximum atomic E-state index is 12.9. The first kappa shape index (κ1) is 29.1. The topological polar surface area (TPSA) is 109 Å². The second-order valence-electron chi connectivity index (χ2n) is 8.39. The Morgan fingerprint density at radius 3 is 2.35 bits per heavy atom. The number of rotatable bonds is 6. The van der Waals surface area contributed by atoms with Gasteiger partial charge in [0, 0.05) is 40.8 Å². The number of benzene rings is 2. The highest BCUT2D eigenvalue weighted by atomic mass is 79.9. The summed E-state index contributed by atoms with van der Waals surface area (Å²) in [6.45, 7) is 3.25. The Hall–Kier alpha value is -3.88. The van der Waals surface area contributed by atoms with Gasteiger partial charge in [0.1, 0.15) is 0 Å². The van der Waals surface area contributed by atoms with Gasteiger partial charge in [-0.2, -0.15) is 18.3 Å². The molecule has 9 nitrogen and oxygen atoms in total. The number of hydrogen-bond donors (Lipinski definition) is 3. The minimum absolute atomic E-state index is 0.163. The number of carboxylic acid groups (broad SMARTS) is 1. The van der Waals surface area contributed by atoms with Crippen molar-refractivity contribution in [1.82, 2.24) is 9.78 Å². The van der Waals surface area contributed by atoms with Gasteiger partial charge >= 0.3 is 12.1 Å². The maximum Gasteiger partial charge on any atom is 0.490 e. The predicted octanol–water partition coefficient (Wildman–Crippen LogP) is 6.16. The summed E-state index contributed by atoms with van der Waals surface area (Å²) in [6.07, 6.45) is -1.43. The first-order valence-corrected chi connectivity index (χ1v) is 13.5. The summed E-state index contributed by atoms with van der Waals surface area (Å²) < 4.78 is 39.9. The molecule has 210 valence electrons. The van der Waals surface area contributed by atoms with E-state index in [0.29, 0.717) is 5.56 Å². The number of amides is 1. The first-order valence-electron chi connectivity index (χ1n) is 11.8. The minimum Gasteiger partial charge on any atom is -0.475 e. The van der Waals surface area contributed by atoms with Crippen molar-refractivity contribution in [2.24, 2.45) is 0 Å². The van der Waals surface area contributed by atoms with Crippen LogP contribution in [-0.2, 0) is 9.53 Å². The summed E-state index contributed by atoms with van der Waals surface area (Å²) in [7, 11) is 0. The highest BCUT2D eigenvalue weighted by molar-refractivity contribution is 9.10. The third-order valence-electron chi connectivity index (χ3n) is 5.59. The van der Waals surface area contributed by atoms with Crippen LogP contribution in [0.5, 0.6) is 0 Å². The smallest absolute Gasteiger partial charge is 0.475 e. The molecule has 14 heteroatoms. The first-order chi connectivity index (χ1) is 19.1. The van der Waals surface area contributed by atoms with E-state index in [1.54, 1.807) is 28.3 Å². The lowest BCUT2D eigenvalue weighted by atomic mass is 10.1. The fraction of sp³-hybridized carbons (Fsp3) is 0.192. The Balaban J connectivity index is 0.000000470. The monoisotopic (exact) mass is 637 g/mol. The summed E-state index contributed by atoms with van der Waals surface area (Å²) in [6, 6.07) is 15.3. The summed E-state index contributed by atoms with van der Waals surface area (Å²) in [5.41, 5.74) is 5.12. The van der Waals surface area contributed by atoms with E-state index < -0.39 is 12.1 Å². The number of morpholine rings is 1. The number of carboxylic acids is 1. The number of thiophene rings is 1. The van der Waals surface area contributed by atoms with Gasteiger partial charge in [-0.25, -0.2) is 9.48 Å². The van der Waals surface area contributed by atoms with E-state index >= 15 is 0 Å². The maximum absolute atomic E-state index is 12.9. The van der Waals surface area contributed by atoms with Gasteiger partial charge in [-0.05, 0) is 58.4 Å². The van der Waals surface area contributed by atoms with Crippen LogP contribution in [0.2, 0.25) is 0 Å². The third kappa shape index (κ3) is 7.83. The van der Waals surface area contributed by atoms with Crippen molar-refractivity contribution in [1.29, 1.82) is 0 Å². The van der Waals surface area contributed by atoms with Gasteiger partial charge in [0.15, 0.2) is 0 Å². The number of carbonyl (C=O) groups is 2. The number of alkyl halides is 3. The zero-order chi connectivity index (χ0) is 28.7. The summed E-state index contributed by atoms with van der Waals surface area (Å²) in [5.74, 6) is -2.92. The summed E-state index contributed by atoms with van der Waals surface area (Å²) in [5, 5.41) is 21.9. The largest absolute Gasteiger partial charge is 0.490 e. The highest BCUT2D eigenvalue weighted by Gasteiger charge is 2.38. The van der Waals surface area contributed by atoms with Crippen molar-refractivity contribution in [3.63, 3.8) is 0 Å². The predicted molar refractivity (Wildman–Crippen MR) is 150 cm³/mol. The number of aliphatic carboxylic acids is 1. The Morgan fingerprint density at radius 2 is 1.73 bits per heavy atom. The second-order valence-corrected chi connectivity index (χ2v) is 9.98. The molecular weight excluding hydrogens is 615 g/mol. The number of hydrogen-bond acceptors (Lipinski definition) is 7. The number of nitrogens with zero attached hydrogens (tertiary/aromatic N) is 3. The van der Waals surface area contributed by atoms with Crippen LogP contribution in [0, 0.1) is 0 Å². The molecule has 0 spiro atoms. The molecule has 0 unspecified atom stereocenters. The Labute approximate surface area is 239 Å². The lowest BCUT2D eigenvalue weighted by Crippen LogP contribution is -2.36. The number of anilines is 4. The van der Waals surface area contributed by atoms with Crippen LogP contribution in [-0.4, -0.2) is 59.2 Å². The van der Waals surface area contributed by atoms with Crippen molar-refractivity contribution < 1.29 is 32.6 Å². The molecule has 0 atom stereocenters. The fourth-order valence-corrected chi connectivity index (χ4v) is 4.95. The molecule has 1 aliphatic rings. The van der Waals surface area contributed by atoms with E-state index in [4.69, 9.17) is 14.6 Å². The lowest BCUT2D eigenvalue weighted by molar-refractivity contribution is -0.192. The van der Waals surface area contributed by atoms with E-state index in [1.807, 2.05) is 59.4 Å². The van der Waals surface area contributed by atoms with Crippen molar-refractivity contribution in [2.75, 3.05) is 41.8 Å². The van der Waals surface area contributed by atoms with Crippen LogP contribution in [0.4, 0.5) is 35.9 Å². The SMILES string of the molecule is O=C(Nc1ccc(N2CCOCC2)cc1)c1cccc(-n2cc(Nc3cscc3Br)cn2)c1.O=C(O)C(F)(F)F. The van der Waals surface area contributed by atoms with Gasteiger partial charge in [0.25, 0.3) is 5.91 Å². The van der Waals surface area contributed by atoms with E-state index in [-0.39, 0.29) is 5.91 Å². The van der Waals surface area contributed by atoms with Crippen LogP contribution in [0.25, 0.3) is 5.69 Å². The molecule has 0 saturated carbocycles.